The molecule has 0 amide bonds. The van der Waals surface area contributed by atoms with Gasteiger partial charge in [0.1, 0.15) is 12.4 Å². The summed E-state index contributed by atoms with van der Waals surface area (Å²) in [7, 11) is 0. The standard InChI is InChI=1S/C10H14N2O3/c1-2-14-6-9-11-8-3-4-15-5-7(8)10(13)12-9/h2-6H2,1H3,(H,11,12,13). The lowest BCUT2D eigenvalue weighted by Crippen LogP contribution is -2.25. The second kappa shape index (κ2) is 4.55. The van der Waals surface area contributed by atoms with E-state index in [2.05, 4.69) is 9.97 Å². The van der Waals surface area contributed by atoms with Gasteiger partial charge in [-0.2, -0.15) is 0 Å². The molecule has 82 valence electrons. The first-order chi connectivity index (χ1) is 7.31. The summed E-state index contributed by atoms with van der Waals surface area (Å²) in [5.74, 6) is 0.600. The lowest BCUT2D eigenvalue weighted by atomic mass is 10.1. The molecule has 1 aliphatic rings. The average molecular weight is 210 g/mol. The highest BCUT2D eigenvalue weighted by Gasteiger charge is 2.15. The highest BCUT2D eigenvalue weighted by atomic mass is 16.5. The Kier molecular flexibility index (Phi) is 3.13. The second-order valence-corrected chi connectivity index (χ2v) is 3.38. The van der Waals surface area contributed by atoms with Gasteiger partial charge in [-0.25, -0.2) is 4.98 Å². The van der Waals surface area contributed by atoms with Gasteiger partial charge in [0.25, 0.3) is 5.56 Å². The van der Waals surface area contributed by atoms with Gasteiger partial charge in [0.15, 0.2) is 0 Å². The zero-order valence-electron chi connectivity index (χ0n) is 8.71. The minimum atomic E-state index is -0.102. The summed E-state index contributed by atoms with van der Waals surface area (Å²) in [5.41, 5.74) is 1.40. The van der Waals surface area contributed by atoms with Gasteiger partial charge in [0.2, 0.25) is 0 Å². The topological polar surface area (TPSA) is 64.2 Å². The molecule has 15 heavy (non-hydrogen) atoms. The van der Waals surface area contributed by atoms with E-state index in [1.807, 2.05) is 6.92 Å². The van der Waals surface area contributed by atoms with Crippen molar-refractivity contribution in [1.82, 2.24) is 9.97 Å². The summed E-state index contributed by atoms with van der Waals surface area (Å²) >= 11 is 0. The fourth-order valence-corrected chi connectivity index (χ4v) is 1.56. The van der Waals surface area contributed by atoms with Crippen LogP contribution in [0.4, 0.5) is 0 Å². The Morgan fingerprint density at radius 3 is 3.27 bits per heavy atom. The van der Waals surface area contributed by atoms with Gasteiger partial charge in [-0.05, 0) is 6.92 Å². The maximum atomic E-state index is 11.6. The Bertz CT molecular complexity index is 400. The van der Waals surface area contributed by atoms with Crippen molar-refractivity contribution in [3.05, 3.63) is 27.4 Å². The molecule has 1 aromatic rings. The summed E-state index contributed by atoms with van der Waals surface area (Å²) in [4.78, 5) is 18.7. The molecule has 5 heteroatoms. The molecule has 1 N–H and O–H groups in total. The number of aromatic nitrogens is 2. The van der Waals surface area contributed by atoms with Crippen LogP contribution in [0.1, 0.15) is 24.0 Å². The largest absolute Gasteiger partial charge is 0.376 e. The van der Waals surface area contributed by atoms with Crippen molar-refractivity contribution in [3.8, 4) is 0 Å². The van der Waals surface area contributed by atoms with Crippen LogP contribution >= 0.6 is 0 Å². The van der Waals surface area contributed by atoms with Gasteiger partial charge < -0.3 is 14.5 Å². The van der Waals surface area contributed by atoms with Crippen LogP contribution in [0, 0.1) is 0 Å². The number of H-pyrrole nitrogens is 1. The van der Waals surface area contributed by atoms with Crippen molar-refractivity contribution in [2.24, 2.45) is 0 Å². The Morgan fingerprint density at radius 1 is 1.60 bits per heavy atom. The van der Waals surface area contributed by atoms with Gasteiger partial charge in [-0.3, -0.25) is 4.79 Å². The molecule has 0 unspecified atom stereocenters. The molecule has 2 rings (SSSR count). The first-order valence-corrected chi connectivity index (χ1v) is 5.07. The predicted molar refractivity (Wildman–Crippen MR) is 53.5 cm³/mol. The molecule has 0 spiro atoms. The fourth-order valence-electron chi connectivity index (χ4n) is 1.56. The highest BCUT2D eigenvalue weighted by molar-refractivity contribution is 5.18. The molecule has 2 heterocycles. The van der Waals surface area contributed by atoms with Crippen LogP contribution in [-0.2, 0) is 29.1 Å². The predicted octanol–water partition coefficient (Wildman–Crippen LogP) is 0.379. The van der Waals surface area contributed by atoms with Gasteiger partial charge in [-0.1, -0.05) is 0 Å². The summed E-state index contributed by atoms with van der Waals surface area (Å²) in [6.45, 7) is 3.89. The SMILES string of the molecule is CCOCc1nc2c(c(=O)[nH]1)COCC2. The van der Waals surface area contributed by atoms with Crippen molar-refractivity contribution in [1.29, 1.82) is 0 Å². The molecule has 1 aliphatic heterocycles. The van der Waals surface area contributed by atoms with Crippen LogP contribution in [0.15, 0.2) is 4.79 Å². The molecular weight excluding hydrogens is 196 g/mol. The van der Waals surface area contributed by atoms with Crippen molar-refractivity contribution in [3.63, 3.8) is 0 Å². The molecular formula is C10H14N2O3. The molecule has 5 nitrogen and oxygen atoms in total. The first-order valence-electron chi connectivity index (χ1n) is 5.07. The van der Waals surface area contributed by atoms with E-state index in [0.29, 0.717) is 44.2 Å². The molecule has 0 saturated carbocycles. The normalized spacial score (nSPS) is 15.0. The van der Waals surface area contributed by atoms with Gasteiger partial charge in [0, 0.05) is 13.0 Å². The van der Waals surface area contributed by atoms with E-state index in [-0.39, 0.29) is 5.56 Å². The first kappa shape index (κ1) is 10.3. The Morgan fingerprint density at radius 2 is 2.47 bits per heavy atom. The number of nitrogens with one attached hydrogen (secondary N) is 1. The van der Waals surface area contributed by atoms with E-state index in [1.54, 1.807) is 0 Å². The zero-order chi connectivity index (χ0) is 10.7. The Labute approximate surface area is 87.4 Å². The molecule has 0 aromatic carbocycles. The minimum absolute atomic E-state index is 0.102. The highest BCUT2D eigenvalue weighted by Crippen LogP contribution is 2.10. The molecule has 0 radical (unpaired) electrons. The smallest absolute Gasteiger partial charge is 0.256 e. The van der Waals surface area contributed by atoms with Crippen molar-refractivity contribution in [2.45, 2.75) is 26.6 Å². The lowest BCUT2D eigenvalue weighted by molar-refractivity contribution is 0.105. The van der Waals surface area contributed by atoms with E-state index in [1.165, 1.54) is 0 Å². The number of aromatic amines is 1. The number of nitrogens with zero attached hydrogens (tertiary/aromatic N) is 1. The van der Waals surface area contributed by atoms with Gasteiger partial charge in [-0.15, -0.1) is 0 Å². The van der Waals surface area contributed by atoms with Gasteiger partial charge in [0.05, 0.1) is 24.5 Å². The van der Waals surface area contributed by atoms with Gasteiger partial charge >= 0.3 is 0 Å². The molecule has 0 bridgehead atoms. The van der Waals surface area contributed by atoms with Crippen LogP contribution in [-0.4, -0.2) is 23.2 Å². The minimum Gasteiger partial charge on any atom is -0.376 e. The third-order valence-corrected chi connectivity index (χ3v) is 2.32. The number of hydrogen-bond acceptors (Lipinski definition) is 4. The van der Waals surface area contributed by atoms with Crippen molar-refractivity contribution in [2.75, 3.05) is 13.2 Å². The van der Waals surface area contributed by atoms with Crippen LogP contribution in [0.2, 0.25) is 0 Å². The molecule has 0 saturated heterocycles. The zero-order valence-corrected chi connectivity index (χ0v) is 8.71. The summed E-state index contributed by atoms with van der Waals surface area (Å²) in [6, 6.07) is 0. The fraction of sp³-hybridized carbons (Fsp3) is 0.600. The molecule has 0 atom stereocenters. The van der Waals surface area contributed by atoms with Crippen LogP contribution in [0.5, 0.6) is 0 Å². The van der Waals surface area contributed by atoms with Crippen LogP contribution in [0.3, 0.4) is 0 Å². The summed E-state index contributed by atoms with van der Waals surface area (Å²) in [6.07, 6.45) is 0.707. The number of hydrogen-bond donors (Lipinski definition) is 1. The van der Waals surface area contributed by atoms with Crippen LogP contribution < -0.4 is 5.56 Å². The van der Waals surface area contributed by atoms with Crippen molar-refractivity contribution >= 4 is 0 Å². The van der Waals surface area contributed by atoms with E-state index in [4.69, 9.17) is 9.47 Å². The molecule has 0 fully saturated rings. The van der Waals surface area contributed by atoms with E-state index in [0.717, 1.165) is 5.69 Å². The number of ether oxygens (including phenoxy) is 2. The maximum Gasteiger partial charge on any atom is 0.256 e. The number of fused-ring (bicyclic) bond motifs is 1. The van der Waals surface area contributed by atoms with E-state index < -0.39 is 0 Å². The third-order valence-electron chi connectivity index (χ3n) is 2.32. The average Bonchev–Trinajstić information content (AvgIpc) is 2.26. The molecule has 1 aromatic heterocycles. The Hall–Kier alpha value is -1.20. The molecule has 0 aliphatic carbocycles. The Balaban J connectivity index is 2.28. The monoisotopic (exact) mass is 210 g/mol. The lowest BCUT2D eigenvalue weighted by Gasteiger charge is -2.15. The second-order valence-electron chi connectivity index (χ2n) is 3.38. The number of rotatable bonds is 3. The van der Waals surface area contributed by atoms with Crippen LogP contribution in [0.25, 0.3) is 0 Å². The van der Waals surface area contributed by atoms with E-state index >= 15 is 0 Å². The third kappa shape index (κ3) is 2.24. The summed E-state index contributed by atoms with van der Waals surface area (Å²) in [5, 5.41) is 0. The van der Waals surface area contributed by atoms with Crippen molar-refractivity contribution < 1.29 is 9.47 Å². The van der Waals surface area contributed by atoms with E-state index in [9.17, 15) is 4.79 Å². The quantitative estimate of drug-likeness (QED) is 0.783. The maximum absolute atomic E-state index is 11.6. The summed E-state index contributed by atoms with van der Waals surface area (Å²) < 4.78 is 10.4.